The summed E-state index contributed by atoms with van der Waals surface area (Å²) in [4.78, 5) is 0. The van der Waals surface area contributed by atoms with Gasteiger partial charge in [-0.2, -0.15) is 18.3 Å². The van der Waals surface area contributed by atoms with Crippen molar-refractivity contribution in [2.24, 2.45) is 0 Å². The minimum absolute atomic E-state index is 0.00868. The van der Waals surface area contributed by atoms with Crippen molar-refractivity contribution in [2.75, 3.05) is 11.9 Å². The van der Waals surface area contributed by atoms with E-state index in [4.69, 9.17) is 11.6 Å². The molecule has 0 fully saturated rings. The van der Waals surface area contributed by atoms with Crippen molar-refractivity contribution in [3.63, 3.8) is 0 Å². The SMILES string of the molecule is Fc1ccc(Cc2nn(-c3ccc(Cl)cc3C(F)(F)F)c3c2CCN3)cc1. The number of anilines is 1. The summed E-state index contributed by atoms with van der Waals surface area (Å²) in [7, 11) is 0. The molecule has 27 heavy (non-hydrogen) atoms. The van der Waals surface area contributed by atoms with E-state index in [1.807, 2.05) is 0 Å². The number of hydrogen-bond donors (Lipinski definition) is 1. The van der Waals surface area contributed by atoms with Gasteiger partial charge in [0.2, 0.25) is 0 Å². The Hall–Kier alpha value is -2.54. The van der Waals surface area contributed by atoms with Gasteiger partial charge in [-0.15, -0.1) is 0 Å². The smallest absolute Gasteiger partial charge is 0.369 e. The Bertz CT molecular complexity index is 993. The fourth-order valence-corrected chi connectivity index (χ4v) is 3.45. The molecule has 0 aliphatic carbocycles. The van der Waals surface area contributed by atoms with Gasteiger partial charge in [0.05, 0.1) is 16.9 Å². The quantitative estimate of drug-likeness (QED) is 0.614. The van der Waals surface area contributed by atoms with E-state index in [0.717, 1.165) is 17.2 Å². The Labute approximate surface area is 157 Å². The average Bonchev–Trinajstić information content (AvgIpc) is 3.20. The highest BCUT2D eigenvalue weighted by atomic mass is 35.5. The van der Waals surface area contributed by atoms with Crippen molar-refractivity contribution in [1.29, 1.82) is 0 Å². The summed E-state index contributed by atoms with van der Waals surface area (Å²) in [5.74, 6) is 0.215. The maximum absolute atomic E-state index is 13.5. The lowest BCUT2D eigenvalue weighted by Gasteiger charge is -2.15. The van der Waals surface area contributed by atoms with Crippen LogP contribution in [0.5, 0.6) is 0 Å². The summed E-state index contributed by atoms with van der Waals surface area (Å²) in [6.45, 7) is 0.624. The van der Waals surface area contributed by atoms with E-state index in [1.54, 1.807) is 12.1 Å². The maximum atomic E-state index is 13.5. The van der Waals surface area contributed by atoms with Gasteiger partial charge >= 0.3 is 6.18 Å². The van der Waals surface area contributed by atoms with Gasteiger partial charge in [0.1, 0.15) is 11.6 Å². The molecule has 1 aliphatic heterocycles. The number of fused-ring (bicyclic) bond motifs is 1. The predicted molar refractivity (Wildman–Crippen MR) is 95.0 cm³/mol. The van der Waals surface area contributed by atoms with Crippen LogP contribution in [-0.4, -0.2) is 16.3 Å². The lowest BCUT2D eigenvalue weighted by Crippen LogP contribution is -2.13. The Morgan fingerprint density at radius 2 is 1.85 bits per heavy atom. The molecule has 1 N–H and O–H groups in total. The average molecular weight is 396 g/mol. The van der Waals surface area contributed by atoms with Crippen molar-refractivity contribution in [1.82, 2.24) is 9.78 Å². The van der Waals surface area contributed by atoms with Crippen LogP contribution < -0.4 is 5.32 Å². The third-order valence-electron chi connectivity index (χ3n) is 4.51. The molecule has 2 heterocycles. The Morgan fingerprint density at radius 3 is 2.56 bits per heavy atom. The Kier molecular flexibility index (Phi) is 4.34. The molecule has 140 valence electrons. The van der Waals surface area contributed by atoms with Gasteiger partial charge in [0, 0.05) is 23.6 Å². The normalized spacial score (nSPS) is 13.5. The van der Waals surface area contributed by atoms with Crippen molar-refractivity contribution in [3.8, 4) is 5.69 Å². The van der Waals surface area contributed by atoms with Crippen molar-refractivity contribution in [3.05, 3.63) is 75.7 Å². The summed E-state index contributed by atoms with van der Waals surface area (Å²) in [5, 5.41) is 7.57. The van der Waals surface area contributed by atoms with Crippen LogP contribution in [-0.2, 0) is 19.0 Å². The van der Waals surface area contributed by atoms with Gasteiger partial charge in [-0.1, -0.05) is 23.7 Å². The van der Waals surface area contributed by atoms with Gasteiger partial charge in [0.15, 0.2) is 0 Å². The van der Waals surface area contributed by atoms with Crippen LogP contribution in [0.3, 0.4) is 0 Å². The van der Waals surface area contributed by atoms with Gasteiger partial charge in [0.25, 0.3) is 0 Å². The molecule has 1 aliphatic rings. The number of halogens is 5. The number of hydrogen-bond acceptors (Lipinski definition) is 2. The third kappa shape index (κ3) is 3.39. The molecule has 0 saturated carbocycles. The van der Waals surface area contributed by atoms with Crippen LogP contribution in [0.15, 0.2) is 42.5 Å². The van der Waals surface area contributed by atoms with Gasteiger partial charge in [-0.05, 0) is 42.3 Å². The molecule has 0 bridgehead atoms. The summed E-state index contributed by atoms with van der Waals surface area (Å²) in [6, 6.07) is 9.63. The second-order valence-electron chi connectivity index (χ2n) is 6.32. The van der Waals surface area contributed by atoms with Gasteiger partial charge in [-0.3, -0.25) is 0 Å². The molecule has 0 radical (unpaired) electrons. The number of aromatic nitrogens is 2. The van der Waals surface area contributed by atoms with Gasteiger partial charge < -0.3 is 5.32 Å². The second-order valence-corrected chi connectivity index (χ2v) is 6.76. The molecule has 8 heteroatoms. The predicted octanol–water partition coefficient (Wildman–Crippen LogP) is 5.24. The molecule has 0 atom stereocenters. The standard InChI is InChI=1S/C19H14ClF4N3/c20-12-3-6-17(15(10-12)19(22,23)24)27-18-14(7-8-25-18)16(26-27)9-11-1-4-13(21)5-2-11/h1-6,10,25H,7-9H2. The maximum Gasteiger partial charge on any atom is 0.418 e. The fourth-order valence-electron chi connectivity index (χ4n) is 3.28. The third-order valence-corrected chi connectivity index (χ3v) is 4.75. The lowest BCUT2D eigenvalue weighted by molar-refractivity contribution is -0.137. The van der Waals surface area contributed by atoms with Crippen molar-refractivity contribution >= 4 is 17.4 Å². The summed E-state index contributed by atoms with van der Waals surface area (Å²) in [5.41, 5.74) is 1.46. The Balaban J connectivity index is 1.81. The van der Waals surface area contributed by atoms with Crippen LogP contribution in [0.2, 0.25) is 5.02 Å². The van der Waals surface area contributed by atoms with E-state index in [2.05, 4.69) is 10.4 Å². The number of benzene rings is 2. The van der Waals surface area contributed by atoms with E-state index >= 15 is 0 Å². The first-order chi connectivity index (χ1) is 12.8. The molecule has 0 spiro atoms. The highest BCUT2D eigenvalue weighted by Crippen LogP contribution is 2.38. The van der Waals surface area contributed by atoms with Crippen molar-refractivity contribution in [2.45, 2.75) is 19.0 Å². The van der Waals surface area contributed by atoms with E-state index in [9.17, 15) is 17.6 Å². The first kappa shape index (κ1) is 17.9. The Morgan fingerprint density at radius 1 is 1.11 bits per heavy atom. The van der Waals surface area contributed by atoms with Crippen LogP contribution >= 0.6 is 11.6 Å². The molecule has 0 saturated heterocycles. The zero-order valence-corrected chi connectivity index (χ0v) is 14.7. The molecule has 3 nitrogen and oxygen atoms in total. The van der Waals surface area contributed by atoms with Gasteiger partial charge in [-0.25, -0.2) is 9.07 Å². The molecule has 2 aromatic carbocycles. The zero-order chi connectivity index (χ0) is 19.2. The molecule has 0 unspecified atom stereocenters. The summed E-state index contributed by atoms with van der Waals surface area (Å²) in [6.07, 6.45) is -3.48. The number of nitrogens with zero attached hydrogens (tertiary/aromatic N) is 2. The van der Waals surface area contributed by atoms with E-state index in [-0.39, 0.29) is 16.5 Å². The molecule has 0 amide bonds. The highest BCUT2D eigenvalue weighted by molar-refractivity contribution is 6.30. The topological polar surface area (TPSA) is 29.9 Å². The molecule has 4 rings (SSSR count). The first-order valence-electron chi connectivity index (χ1n) is 8.29. The molecule has 3 aromatic rings. The number of rotatable bonds is 3. The number of alkyl halides is 3. The monoisotopic (exact) mass is 395 g/mol. The first-order valence-corrected chi connectivity index (χ1v) is 8.67. The van der Waals surface area contributed by atoms with E-state index < -0.39 is 11.7 Å². The largest absolute Gasteiger partial charge is 0.418 e. The van der Waals surface area contributed by atoms with Crippen molar-refractivity contribution < 1.29 is 17.6 Å². The summed E-state index contributed by atoms with van der Waals surface area (Å²) >= 11 is 5.78. The van der Waals surface area contributed by atoms with E-state index in [0.29, 0.717) is 30.9 Å². The van der Waals surface area contributed by atoms with Crippen LogP contribution in [0.1, 0.15) is 22.4 Å². The highest BCUT2D eigenvalue weighted by Gasteiger charge is 2.36. The van der Waals surface area contributed by atoms with Crippen LogP contribution in [0.4, 0.5) is 23.4 Å². The van der Waals surface area contributed by atoms with E-state index in [1.165, 1.54) is 28.9 Å². The minimum Gasteiger partial charge on any atom is -0.369 e. The zero-order valence-electron chi connectivity index (χ0n) is 13.9. The van der Waals surface area contributed by atoms with Crippen LogP contribution in [0.25, 0.3) is 5.69 Å². The lowest BCUT2D eigenvalue weighted by atomic mass is 10.1. The number of nitrogens with one attached hydrogen (secondary N) is 1. The second kappa shape index (κ2) is 6.56. The molecule has 1 aromatic heterocycles. The fraction of sp³-hybridized carbons (Fsp3) is 0.211. The molecular weight excluding hydrogens is 382 g/mol. The molecular formula is C19H14ClF4N3. The minimum atomic E-state index is -4.56. The summed E-state index contributed by atoms with van der Waals surface area (Å²) < 4.78 is 54.9. The van der Waals surface area contributed by atoms with Crippen LogP contribution in [0, 0.1) is 5.82 Å².